The lowest BCUT2D eigenvalue weighted by molar-refractivity contribution is -0.119. The quantitative estimate of drug-likeness (QED) is 0.764. The van der Waals surface area contributed by atoms with Gasteiger partial charge in [-0.3, -0.25) is 4.79 Å². The molecule has 0 saturated carbocycles. The van der Waals surface area contributed by atoms with E-state index in [0.29, 0.717) is 35.3 Å². The average Bonchev–Trinajstić information content (AvgIpc) is 3.14. The third kappa shape index (κ3) is 3.58. The summed E-state index contributed by atoms with van der Waals surface area (Å²) in [6.45, 7) is 1.34. The number of aromatic nitrogens is 2. The molecule has 0 aliphatic carbocycles. The summed E-state index contributed by atoms with van der Waals surface area (Å²) >= 11 is 1.28. The van der Waals surface area contributed by atoms with Gasteiger partial charge in [-0.15, -0.1) is 0 Å². The first-order valence-corrected chi connectivity index (χ1v) is 7.62. The summed E-state index contributed by atoms with van der Waals surface area (Å²) in [5, 5.41) is 18.7. The van der Waals surface area contributed by atoms with Crippen molar-refractivity contribution in [2.24, 2.45) is 0 Å². The van der Waals surface area contributed by atoms with Crippen LogP contribution in [0, 0.1) is 11.3 Å². The smallest absolute Gasteiger partial charge is 0.221 e. The maximum absolute atomic E-state index is 11.1. The number of anilines is 2. The van der Waals surface area contributed by atoms with Crippen molar-refractivity contribution in [2.45, 2.75) is 19.0 Å². The zero-order chi connectivity index (χ0) is 15.4. The van der Waals surface area contributed by atoms with E-state index in [-0.39, 0.29) is 11.9 Å². The monoisotopic (exact) mass is 314 g/mol. The van der Waals surface area contributed by atoms with E-state index in [4.69, 9.17) is 5.26 Å². The largest absolute Gasteiger partial charge is 0.354 e. The number of rotatable bonds is 5. The van der Waals surface area contributed by atoms with Gasteiger partial charge in [-0.2, -0.15) is 5.26 Å². The van der Waals surface area contributed by atoms with Crippen LogP contribution in [0.5, 0.6) is 0 Å². The van der Waals surface area contributed by atoms with Gasteiger partial charge >= 0.3 is 0 Å². The average molecular weight is 314 g/mol. The van der Waals surface area contributed by atoms with Gasteiger partial charge in [0, 0.05) is 31.7 Å². The normalized spacial score (nSPS) is 17.0. The third-order valence-corrected chi connectivity index (χ3v) is 4.06. The Morgan fingerprint density at radius 1 is 1.50 bits per heavy atom. The number of carbonyl (C=O) groups excluding carboxylic acids is 1. The number of nitrogens with one attached hydrogen (secondary N) is 3. The summed E-state index contributed by atoms with van der Waals surface area (Å²) < 4.78 is 0. The van der Waals surface area contributed by atoms with E-state index in [0.717, 1.165) is 5.56 Å². The molecule has 3 heterocycles. The Kier molecular flexibility index (Phi) is 4.27. The van der Waals surface area contributed by atoms with Crippen LogP contribution in [0.25, 0.3) is 0 Å². The molecular formula is C14H14N6OS. The Morgan fingerprint density at radius 2 is 2.41 bits per heavy atom. The molecule has 1 amide bonds. The van der Waals surface area contributed by atoms with Gasteiger partial charge in [-0.25, -0.2) is 9.97 Å². The molecule has 2 aromatic rings. The van der Waals surface area contributed by atoms with Crippen LogP contribution >= 0.6 is 11.3 Å². The van der Waals surface area contributed by atoms with Gasteiger partial charge in [0.05, 0.1) is 6.20 Å². The number of thiazole rings is 1. The fourth-order valence-electron chi connectivity index (χ4n) is 2.16. The zero-order valence-electron chi connectivity index (χ0n) is 11.7. The fraction of sp³-hybridized carbons (Fsp3) is 0.286. The van der Waals surface area contributed by atoms with Crippen LogP contribution in [0.2, 0.25) is 0 Å². The summed E-state index contributed by atoms with van der Waals surface area (Å²) in [7, 11) is 0. The highest BCUT2D eigenvalue weighted by Crippen LogP contribution is 2.21. The number of carbonyl (C=O) groups is 1. The van der Waals surface area contributed by atoms with Crippen LogP contribution in [0.15, 0.2) is 24.5 Å². The van der Waals surface area contributed by atoms with Crippen LogP contribution in [0.4, 0.5) is 10.9 Å². The number of nitrogens with zero attached hydrogens (tertiary/aromatic N) is 3. The molecule has 3 N–H and O–H groups in total. The number of hydrogen-bond acceptors (Lipinski definition) is 7. The van der Waals surface area contributed by atoms with E-state index in [1.165, 1.54) is 17.5 Å². The molecule has 2 aromatic heterocycles. The zero-order valence-corrected chi connectivity index (χ0v) is 12.5. The van der Waals surface area contributed by atoms with Gasteiger partial charge in [-0.1, -0.05) is 11.3 Å². The predicted molar refractivity (Wildman–Crippen MR) is 82.6 cm³/mol. The van der Waals surface area contributed by atoms with Crippen molar-refractivity contribution < 1.29 is 4.79 Å². The number of amides is 1. The molecule has 22 heavy (non-hydrogen) atoms. The van der Waals surface area contributed by atoms with E-state index in [1.54, 1.807) is 6.20 Å². The van der Waals surface area contributed by atoms with Crippen molar-refractivity contribution in [3.63, 3.8) is 0 Å². The van der Waals surface area contributed by atoms with Crippen LogP contribution in [0.3, 0.4) is 0 Å². The minimum Gasteiger partial charge on any atom is -0.354 e. The first-order valence-electron chi connectivity index (χ1n) is 6.81. The number of pyridine rings is 1. The van der Waals surface area contributed by atoms with E-state index in [9.17, 15) is 4.79 Å². The van der Waals surface area contributed by atoms with E-state index < -0.39 is 0 Å². The molecule has 0 unspecified atom stereocenters. The summed E-state index contributed by atoms with van der Waals surface area (Å²) in [6, 6.07) is 6.07. The number of hydrogen-bond donors (Lipinski definition) is 3. The van der Waals surface area contributed by atoms with Crippen molar-refractivity contribution >= 4 is 28.2 Å². The molecule has 1 fully saturated rings. The lowest BCUT2D eigenvalue weighted by Gasteiger charge is -2.11. The van der Waals surface area contributed by atoms with Crippen LogP contribution < -0.4 is 16.0 Å². The first kappa shape index (κ1) is 14.4. The SMILES string of the molecule is N#Cc1cnc(Nc2cc(CN[C@H]3CNC(=O)C3)ccn2)s1. The molecule has 0 spiro atoms. The minimum absolute atomic E-state index is 0.0895. The highest BCUT2D eigenvalue weighted by Gasteiger charge is 2.20. The molecular weight excluding hydrogens is 300 g/mol. The second kappa shape index (κ2) is 6.51. The molecule has 1 saturated heterocycles. The van der Waals surface area contributed by atoms with Crippen LogP contribution in [0.1, 0.15) is 16.9 Å². The standard InChI is InChI=1S/C14H14N6OS/c15-5-11-8-19-14(22-11)20-12-3-9(1-2-16-12)6-17-10-4-13(21)18-7-10/h1-3,8,10,17H,4,6-7H2,(H,18,21)(H,16,19,20)/t10-/m1/s1. The first-order chi connectivity index (χ1) is 10.7. The molecule has 0 radical (unpaired) electrons. The molecule has 1 aliphatic heterocycles. The molecule has 7 nitrogen and oxygen atoms in total. The van der Waals surface area contributed by atoms with Crippen molar-refractivity contribution in [3.05, 3.63) is 35.0 Å². The summed E-state index contributed by atoms with van der Waals surface area (Å²) in [5.74, 6) is 0.769. The molecule has 3 rings (SSSR count). The topological polar surface area (TPSA) is 103 Å². The molecule has 1 aliphatic rings. The number of nitriles is 1. The summed E-state index contributed by atoms with van der Waals surface area (Å²) in [6.07, 6.45) is 3.77. The van der Waals surface area contributed by atoms with Gasteiger partial charge in [0.1, 0.15) is 16.8 Å². The molecule has 1 atom stereocenters. The third-order valence-electron chi connectivity index (χ3n) is 3.25. The van der Waals surface area contributed by atoms with E-state index in [1.807, 2.05) is 12.1 Å². The predicted octanol–water partition coefficient (Wildman–Crippen LogP) is 1.13. The molecule has 0 aromatic carbocycles. The van der Waals surface area contributed by atoms with Crippen molar-refractivity contribution in [1.82, 2.24) is 20.6 Å². The van der Waals surface area contributed by atoms with Crippen LogP contribution in [-0.2, 0) is 11.3 Å². The maximum Gasteiger partial charge on any atom is 0.221 e. The van der Waals surface area contributed by atoms with Gasteiger partial charge < -0.3 is 16.0 Å². The van der Waals surface area contributed by atoms with Gasteiger partial charge in [0.25, 0.3) is 0 Å². The summed E-state index contributed by atoms with van der Waals surface area (Å²) in [5.41, 5.74) is 1.06. The second-order valence-corrected chi connectivity index (χ2v) is 5.93. The maximum atomic E-state index is 11.1. The Labute approximate surface area is 131 Å². The highest BCUT2D eigenvalue weighted by molar-refractivity contribution is 7.16. The second-order valence-electron chi connectivity index (χ2n) is 4.90. The minimum atomic E-state index is 0.0895. The summed E-state index contributed by atoms with van der Waals surface area (Å²) in [4.78, 5) is 20.1. The molecule has 0 bridgehead atoms. The van der Waals surface area contributed by atoms with Crippen molar-refractivity contribution in [3.8, 4) is 6.07 Å². The van der Waals surface area contributed by atoms with Crippen molar-refractivity contribution in [1.29, 1.82) is 5.26 Å². The molecule has 112 valence electrons. The lowest BCUT2D eigenvalue weighted by Crippen LogP contribution is -2.30. The Bertz CT molecular complexity index is 722. The van der Waals surface area contributed by atoms with Gasteiger partial charge in [-0.05, 0) is 17.7 Å². The Morgan fingerprint density at radius 3 is 3.14 bits per heavy atom. The molecule has 8 heteroatoms. The van der Waals surface area contributed by atoms with Gasteiger partial charge in [0.2, 0.25) is 5.91 Å². The van der Waals surface area contributed by atoms with Crippen LogP contribution in [-0.4, -0.2) is 28.5 Å². The van der Waals surface area contributed by atoms with Crippen molar-refractivity contribution in [2.75, 3.05) is 11.9 Å². The Hall–Kier alpha value is -2.50. The lowest BCUT2D eigenvalue weighted by atomic mass is 10.2. The van der Waals surface area contributed by atoms with E-state index >= 15 is 0 Å². The highest BCUT2D eigenvalue weighted by atomic mass is 32.1. The fourth-order valence-corrected chi connectivity index (χ4v) is 2.78. The van der Waals surface area contributed by atoms with Gasteiger partial charge in [0.15, 0.2) is 5.13 Å². The van der Waals surface area contributed by atoms with E-state index in [2.05, 4.69) is 32.0 Å². The Balaban J connectivity index is 1.60.